The van der Waals surface area contributed by atoms with Crippen LogP contribution < -0.4 is 43.0 Å². The zero-order valence-corrected chi connectivity index (χ0v) is 48.1. The number of carbonyl (C=O) groups excluding carboxylic acids is 2. The largest absolute Gasteiger partial charge is 0.481 e. The maximum Gasteiger partial charge on any atom is 0.326 e. The van der Waals surface area contributed by atoms with E-state index >= 15 is 0 Å². The Balaban J connectivity index is 1.43. The van der Waals surface area contributed by atoms with Crippen molar-refractivity contribution >= 4 is 71.3 Å². The predicted octanol–water partition coefficient (Wildman–Crippen LogP) is 1.13. The molecule has 0 bridgehead atoms. The normalized spacial score (nSPS) is 13.7. The highest BCUT2D eigenvalue weighted by Gasteiger charge is 2.27. The van der Waals surface area contributed by atoms with Gasteiger partial charge in [-0.1, -0.05) is 50.7 Å². The number of ether oxygens (including phenoxy) is 2. The van der Waals surface area contributed by atoms with Gasteiger partial charge in [0.2, 0.25) is 23.8 Å². The Morgan fingerprint density at radius 1 is 0.595 bits per heavy atom. The highest BCUT2D eigenvalue weighted by atomic mass is 16.5. The first-order valence-electron chi connectivity index (χ1n) is 28.9. The van der Waals surface area contributed by atoms with Crippen LogP contribution in [-0.2, 0) is 49.5 Å². The molecule has 1 saturated heterocycles. The van der Waals surface area contributed by atoms with Gasteiger partial charge in [-0.15, -0.1) is 0 Å². The van der Waals surface area contributed by atoms with Crippen molar-refractivity contribution in [1.29, 1.82) is 0 Å². The SMILES string of the molecule is NCCN(CC(=O)O)CC(Cc1ccc(Nc2nc(NCCOCCOCCC(=O)O)nc(N3CCN(CCCCCCCCCCC(=O)NCCCC[C@H](NC(=O)N[C@@H](CCC(=O)O)C(=O)O)C(=O)O)CC3)n2)cc1)N(CCN)CC(=O)O. The van der Waals surface area contributed by atoms with Gasteiger partial charge in [-0.25, -0.2) is 14.4 Å². The summed E-state index contributed by atoms with van der Waals surface area (Å²) in [5, 5.41) is 69.2. The van der Waals surface area contributed by atoms with Gasteiger partial charge >= 0.3 is 41.8 Å². The van der Waals surface area contributed by atoms with Crippen molar-refractivity contribution in [2.75, 3.05) is 134 Å². The summed E-state index contributed by atoms with van der Waals surface area (Å²) >= 11 is 0. The van der Waals surface area contributed by atoms with Crippen LogP contribution in [0.1, 0.15) is 102 Å². The van der Waals surface area contributed by atoms with E-state index in [4.69, 9.17) is 41.1 Å². The van der Waals surface area contributed by atoms with E-state index in [0.29, 0.717) is 95.1 Å². The highest BCUT2D eigenvalue weighted by Crippen LogP contribution is 2.22. The number of aromatic nitrogens is 3. The summed E-state index contributed by atoms with van der Waals surface area (Å²) < 4.78 is 10.9. The van der Waals surface area contributed by atoms with Crippen molar-refractivity contribution in [3.63, 3.8) is 0 Å². The minimum Gasteiger partial charge on any atom is -0.481 e. The van der Waals surface area contributed by atoms with Crippen LogP contribution >= 0.6 is 0 Å². The Kier molecular flexibility index (Phi) is 35.4. The van der Waals surface area contributed by atoms with Crippen LogP contribution in [0, 0.1) is 0 Å². The first kappa shape index (κ1) is 71.2. The number of aliphatic carboxylic acids is 6. The molecule has 30 heteroatoms. The van der Waals surface area contributed by atoms with E-state index in [1.54, 1.807) is 9.80 Å². The molecule has 1 unspecified atom stereocenters. The number of nitrogens with zero attached hydrogens (tertiary/aromatic N) is 7. The molecule has 84 heavy (non-hydrogen) atoms. The van der Waals surface area contributed by atoms with Crippen LogP contribution in [0.3, 0.4) is 0 Å². The summed E-state index contributed by atoms with van der Waals surface area (Å²) in [6, 6.07) is 3.36. The van der Waals surface area contributed by atoms with Gasteiger partial charge in [0, 0.05) is 96.6 Å². The summed E-state index contributed by atoms with van der Waals surface area (Å²) in [5.74, 6) is -5.89. The lowest BCUT2D eigenvalue weighted by Gasteiger charge is -2.34. The lowest BCUT2D eigenvalue weighted by molar-refractivity contribution is -0.141. The smallest absolute Gasteiger partial charge is 0.326 e. The molecule has 15 N–H and O–H groups in total. The number of amides is 3. The minimum absolute atomic E-state index is 0.0472. The van der Waals surface area contributed by atoms with E-state index in [1.165, 1.54) is 0 Å². The number of carboxylic acid groups (broad SMARTS) is 6. The Hall–Kier alpha value is -7.09. The zero-order valence-electron chi connectivity index (χ0n) is 48.1. The molecule has 0 aliphatic carbocycles. The summed E-state index contributed by atoms with van der Waals surface area (Å²) in [6.07, 6.45) is 8.96. The molecule has 0 spiro atoms. The maximum absolute atomic E-state index is 12.4. The van der Waals surface area contributed by atoms with Gasteiger partial charge in [-0.2, -0.15) is 15.0 Å². The number of benzene rings is 1. The fraction of sp³-hybridized carbons (Fsp3) is 0.685. The molecule has 0 saturated carbocycles. The number of urea groups is 1. The van der Waals surface area contributed by atoms with Gasteiger partial charge in [-0.05, 0) is 69.2 Å². The zero-order chi connectivity index (χ0) is 61.5. The number of anilines is 4. The van der Waals surface area contributed by atoms with Crippen LogP contribution in [0.5, 0.6) is 0 Å². The average molecular weight is 1190 g/mol. The van der Waals surface area contributed by atoms with Crippen molar-refractivity contribution in [3.8, 4) is 0 Å². The van der Waals surface area contributed by atoms with Crippen molar-refractivity contribution < 1.29 is 78.5 Å². The summed E-state index contributed by atoms with van der Waals surface area (Å²) in [4.78, 5) is 115. The van der Waals surface area contributed by atoms with Crippen LogP contribution in [0.4, 0.5) is 28.3 Å². The van der Waals surface area contributed by atoms with Crippen molar-refractivity contribution in [1.82, 2.24) is 45.6 Å². The number of nitrogens with one attached hydrogen (secondary N) is 5. The fourth-order valence-electron chi connectivity index (χ4n) is 9.21. The number of hydrogen-bond acceptors (Lipinski definition) is 21. The van der Waals surface area contributed by atoms with Gasteiger partial charge in [-0.3, -0.25) is 38.7 Å². The second-order valence-electron chi connectivity index (χ2n) is 20.4. The van der Waals surface area contributed by atoms with Crippen LogP contribution in [0.25, 0.3) is 0 Å². The molecule has 3 atom stereocenters. The Labute approximate surface area is 489 Å². The summed E-state index contributed by atoms with van der Waals surface area (Å²) in [6.45, 7) is 6.53. The number of carboxylic acids is 6. The molecule has 1 aromatic heterocycles. The molecule has 1 aromatic carbocycles. The van der Waals surface area contributed by atoms with E-state index in [-0.39, 0.29) is 83.8 Å². The number of nitrogens with two attached hydrogens (primary N) is 2. The van der Waals surface area contributed by atoms with E-state index in [1.807, 2.05) is 24.3 Å². The molecule has 1 aliphatic heterocycles. The predicted molar refractivity (Wildman–Crippen MR) is 309 cm³/mol. The maximum atomic E-state index is 12.4. The van der Waals surface area contributed by atoms with Crippen molar-refractivity contribution in [2.24, 2.45) is 11.5 Å². The van der Waals surface area contributed by atoms with Gasteiger partial charge in [0.1, 0.15) is 12.1 Å². The van der Waals surface area contributed by atoms with Crippen molar-refractivity contribution in [3.05, 3.63) is 29.8 Å². The summed E-state index contributed by atoms with van der Waals surface area (Å²) in [5.41, 5.74) is 13.2. The fourth-order valence-corrected chi connectivity index (χ4v) is 9.21. The van der Waals surface area contributed by atoms with Crippen molar-refractivity contribution in [2.45, 2.75) is 121 Å². The molecule has 2 aromatic rings. The average Bonchev–Trinajstić information content (AvgIpc) is 3.65. The molecule has 1 aliphatic rings. The topological polar surface area (TPSA) is 440 Å². The highest BCUT2D eigenvalue weighted by molar-refractivity contribution is 5.86. The van der Waals surface area contributed by atoms with E-state index < -0.39 is 60.4 Å². The van der Waals surface area contributed by atoms with Crippen LogP contribution in [-0.4, -0.2) is 244 Å². The van der Waals surface area contributed by atoms with E-state index in [2.05, 4.69) is 41.4 Å². The van der Waals surface area contributed by atoms with Gasteiger partial charge in [0.05, 0.1) is 45.9 Å². The minimum atomic E-state index is -1.49. The third-order valence-corrected chi connectivity index (χ3v) is 13.6. The van der Waals surface area contributed by atoms with Gasteiger partial charge in [0.25, 0.3) is 0 Å². The summed E-state index contributed by atoms with van der Waals surface area (Å²) in [7, 11) is 0. The Morgan fingerprint density at radius 3 is 1.80 bits per heavy atom. The molecular formula is C54H90N14O16. The molecule has 2 heterocycles. The lowest BCUT2D eigenvalue weighted by atomic mass is 10.0. The first-order chi connectivity index (χ1) is 40.3. The van der Waals surface area contributed by atoms with E-state index in [0.717, 1.165) is 76.6 Å². The molecular weight excluding hydrogens is 1100 g/mol. The third kappa shape index (κ3) is 32.1. The van der Waals surface area contributed by atoms with E-state index in [9.17, 15) is 58.8 Å². The molecule has 472 valence electrons. The number of piperazine rings is 1. The standard InChI is InChI=1S/C54H90N14O16/c55-20-25-66(37-47(74)75)36-41(68(26-21-56)38-48(76)77)35-39-13-15-40(16-14-39)59-52-62-51(58-23-32-84-34-33-83-31-19-46(72)73)63-53(64-52)67-29-27-65(28-30-67)24-10-6-4-2-1-3-5-7-12-44(69)57-22-9-8-11-42(49(78)79)60-54(82)61-43(50(80)81)17-18-45(70)71/h13-16,41-43H,1-12,17-38,55-56H2,(H,57,69)(H,70,71)(H,72,73)(H,74,75)(H,76,77)(H,78,79)(H,80,81)(H2,60,61,82)(H2,58,59,62,63,64)/t41?,42-,43-/m0/s1. The molecule has 30 nitrogen and oxygen atoms in total. The Morgan fingerprint density at radius 2 is 1.19 bits per heavy atom. The Bertz CT molecular complexity index is 2300. The lowest BCUT2D eigenvalue weighted by Crippen LogP contribution is -2.51. The number of carbonyl (C=O) groups is 8. The first-order valence-corrected chi connectivity index (χ1v) is 28.9. The second kappa shape index (κ2) is 41.8. The van der Waals surface area contributed by atoms with Crippen LogP contribution in [0.2, 0.25) is 0 Å². The molecule has 3 amide bonds. The molecule has 3 rings (SSSR count). The van der Waals surface area contributed by atoms with Gasteiger partial charge < -0.3 is 83.1 Å². The number of rotatable bonds is 49. The monoisotopic (exact) mass is 1190 g/mol. The quantitative estimate of drug-likeness (QED) is 0.0413. The number of hydrogen-bond donors (Lipinski definition) is 13. The second-order valence-corrected chi connectivity index (χ2v) is 20.4. The van der Waals surface area contributed by atoms with Gasteiger partial charge in [0.15, 0.2) is 0 Å². The number of unbranched alkanes of at least 4 members (excludes halogenated alkanes) is 8. The third-order valence-electron chi connectivity index (χ3n) is 13.6. The molecule has 0 radical (unpaired) electrons. The van der Waals surface area contributed by atoms with Crippen LogP contribution in [0.15, 0.2) is 24.3 Å². The molecule has 1 fully saturated rings.